The van der Waals surface area contributed by atoms with E-state index in [1.54, 1.807) is 29.1 Å². The topological polar surface area (TPSA) is 90.5 Å². The zero-order valence-corrected chi connectivity index (χ0v) is 17.0. The minimum atomic E-state index is -0.157. The number of anilines is 2. The Morgan fingerprint density at radius 2 is 2.11 bits per heavy atom. The third-order valence-electron chi connectivity index (χ3n) is 6.23. The molecule has 28 heavy (non-hydrogen) atoms. The molecule has 3 aliphatic rings. The average Bonchev–Trinajstić information content (AvgIpc) is 3.00. The van der Waals surface area contributed by atoms with Crippen LogP contribution in [0.2, 0.25) is 0 Å². The standard InChI is InChI=1S/C19H27ClN6O2/c1-11(14-10-12-9-13(20)3-4-15(12)23-17(14)27)22-18-21-6-5-16(24-18)26-8-7-25(2)19(26)28/h5-6,11-15H,3-4,7-10H2,1-2H3,(H,23,27)(H,21,22,24)/t11-,12?,13?,14?,15?/m0/s1. The first-order chi connectivity index (χ1) is 13.4. The highest BCUT2D eigenvalue weighted by Gasteiger charge is 2.41. The number of carbonyl (C=O) groups excluding carboxylic acids is 2. The highest BCUT2D eigenvalue weighted by molar-refractivity contribution is 6.20. The van der Waals surface area contributed by atoms with E-state index in [-0.39, 0.29) is 35.3 Å². The van der Waals surface area contributed by atoms with Crippen LogP contribution in [0, 0.1) is 11.8 Å². The molecule has 0 radical (unpaired) electrons. The molecule has 3 amide bonds. The van der Waals surface area contributed by atoms with Crippen LogP contribution in [0.4, 0.5) is 16.6 Å². The molecule has 2 aliphatic heterocycles. The SMILES string of the molecule is C[C@H](Nc1nccc(N2CCN(C)C2=O)n1)C1CC2CC(Cl)CCC2NC1=O. The summed E-state index contributed by atoms with van der Waals surface area (Å²) < 4.78 is 0. The maximum Gasteiger partial charge on any atom is 0.325 e. The zero-order chi connectivity index (χ0) is 19.8. The number of halogens is 1. The van der Waals surface area contributed by atoms with Gasteiger partial charge < -0.3 is 15.5 Å². The summed E-state index contributed by atoms with van der Waals surface area (Å²) in [6.45, 7) is 3.26. The molecule has 0 bridgehead atoms. The highest BCUT2D eigenvalue weighted by atomic mass is 35.5. The quantitative estimate of drug-likeness (QED) is 0.747. The number of rotatable bonds is 4. The van der Waals surface area contributed by atoms with E-state index < -0.39 is 0 Å². The van der Waals surface area contributed by atoms with Crippen molar-refractivity contribution in [1.82, 2.24) is 20.2 Å². The van der Waals surface area contributed by atoms with Gasteiger partial charge in [-0.15, -0.1) is 11.6 Å². The molecule has 3 fully saturated rings. The summed E-state index contributed by atoms with van der Waals surface area (Å²) in [6.07, 6.45) is 5.34. The molecule has 152 valence electrons. The molecule has 3 heterocycles. The lowest BCUT2D eigenvalue weighted by Gasteiger charge is -2.42. The number of piperidine rings is 1. The number of urea groups is 1. The fourth-order valence-electron chi connectivity index (χ4n) is 4.54. The van der Waals surface area contributed by atoms with Crippen LogP contribution in [0.1, 0.15) is 32.6 Å². The third kappa shape index (κ3) is 3.74. The van der Waals surface area contributed by atoms with Gasteiger partial charge in [0.1, 0.15) is 5.82 Å². The molecule has 8 nitrogen and oxygen atoms in total. The molecule has 0 spiro atoms. The van der Waals surface area contributed by atoms with Crippen molar-refractivity contribution in [2.24, 2.45) is 11.8 Å². The van der Waals surface area contributed by atoms with E-state index in [1.807, 2.05) is 6.92 Å². The predicted molar refractivity (Wildman–Crippen MR) is 108 cm³/mol. The van der Waals surface area contributed by atoms with E-state index in [2.05, 4.69) is 20.6 Å². The number of nitrogens with one attached hydrogen (secondary N) is 2. The lowest BCUT2D eigenvalue weighted by Crippen LogP contribution is -2.55. The Hall–Kier alpha value is -2.09. The van der Waals surface area contributed by atoms with Gasteiger partial charge in [0.2, 0.25) is 11.9 Å². The Balaban J connectivity index is 1.43. The molecule has 9 heteroatoms. The van der Waals surface area contributed by atoms with Crippen LogP contribution in [0.5, 0.6) is 0 Å². The van der Waals surface area contributed by atoms with Crippen molar-refractivity contribution in [3.8, 4) is 0 Å². The van der Waals surface area contributed by atoms with E-state index in [9.17, 15) is 9.59 Å². The van der Waals surface area contributed by atoms with E-state index in [0.717, 1.165) is 25.7 Å². The van der Waals surface area contributed by atoms with Crippen LogP contribution in [0.15, 0.2) is 12.3 Å². The molecule has 1 aromatic heterocycles. The summed E-state index contributed by atoms with van der Waals surface area (Å²) in [6, 6.07) is 1.80. The normalized spacial score (nSPS) is 31.4. The van der Waals surface area contributed by atoms with Crippen LogP contribution in [-0.4, -0.2) is 64.4 Å². The van der Waals surface area contributed by atoms with Crippen molar-refractivity contribution in [2.45, 2.75) is 50.1 Å². The van der Waals surface area contributed by atoms with Crippen molar-refractivity contribution in [3.63, 3.8) is 0 Å². The van der Waals surface area contributed by atoms with E-state index in [1.165, 1.54) is 0 Å². The monoisotopic (exact) mass is 406 g/mol. The number of likely N-dealkylation sites (N-methyl/N-ethyl adjacent to an activating group) is 1. The van der Waals surface area contributed by atoms with Crippen molar-refractivity contribution in [2.75, 3.05) is 30.4 Å². The van der Waals surface area contributed by atoms with Gasteiger partial charge >= 0.3 is 6.03 Å². The second kappa shape index (κ2) is 7.73. The van der Waals surface area contributed by atoms with Crippen molar-refractivity contribution in [3.05, 3.63) is 12.3 Å². The summed E-state index contributed by atoms with van der Waals surface area (Å²) in [7, 11) is 1.77. The Bertz CT molecular complexity index is 762. The Morgan fingerprint density at radius 3 is 2.86 bits per heavy atom. The summed E-state index contributed by atoms with van der Waals surface area (Å²) in [5, 5.41) is 6.66. The number of fused-ring (bicyclic) bond motifs is 1. The number of hydrogen-bond acceptors (Lipinski definition) is 5. The lowest BCUT2D eigenvalue weighted by molar-refractivity contribution is -0.130. The van der Waals surface area contributed by atoms with Gasteiger partial charge in [-0.1, -0.05) is 0 Å². The predicted octanol–water partition coefficient (Wildman–Crippen LogP) is 2.06. The fraction of sp³-hybridized carbons (Fsp3) is 0.684. The molecule has 5 atom stereocenters. The van der Waals surface area contributed by atoms with Gasteiger partial charge in [0.15, 0.2) is 0 Å². The molecule has 1 saturated carbocycles. The number of carbonyl (C=O) groups is 2. The van der Waals surface area contributed by atoms with Gasteiger partial charge in [-0.2, -0.15) is 4.98 Å². The number of aromatic nitrogens is 2. The number of alkyl halides is 1. The van der Waals surface area contributed by atoms with Gasteiger partial charge in [0.05, 0.1) is 5.92 Å². The average molecular weight is 407 g/mol. The van der Waals surface area contributed by atoms with Crippen LogP contribution in [0.3, 0.4) is 0 Å². The molecule has 4 rings (SSSR count). The zero-order valence-electron chi connectivity index (χ0n) is 16.3. The summed E-state index contributed by atoms with van der Waals surface area (Å²) in [5.41, 5.74) is 0. The summed E-state index contributed by atoms with van der Waals surface area (Å²) in [5.74, 6) is 1.36. The summed E-state index contributed by atoms with van der Waals surface area (Å²) in [4.78, 5) is 36.9. The molecule has 0 aromatic carbocycles. The first kappa shape index (κ1) is 19.2. The molecule has 2 saturated heterocycles. The maximum atomic E-state index is 12.6. The molecular weight excluding hydrogens is 380 g/mol. The molecule has 4 unspecified atom stereocenters. The van der Waals surface area contributed by atoms with Crippen LogP contribution in [0.25, 0.3) is 0 Å². The molecular formula is C19H27ClN6O2. The van der Waals surface area contributed by atoms with Gasteiger partial charge in [0.25, 0.3) is 0 Å². The molecule has 1 aromatic rings. The van der Waals surface area contributed by atoms with E-state index in [4.69, 9.17) is 11.6 Å². The Kier molecular flexibility index (Phi) is 5.31. The van der Waals surface area contributed by atoms with Gasteiger partial charge in [-0.25, -0.2) is 9.78 Å². The minimum Gasteiger partial charge on any atom is -0.353 e. The number of hydrogen-bond donors (Lipinski definition) is 2. The van der Waals surface area contributed by atoms with Crippen LogP contribution < -0.4 is 15.5 Å². The van der Waals surface area contributed by atoms with Crippen molar-refractivity contribution < 1.29 is 9.59 Å². The molecule has 1 aliphatic carbocycles. The van der Waals surface area contributed by atoms with E-state index in [0.29, 0.717) is 30.8 Å². The fourth-order valence-corrected chi connectivity index (χ4v) is 4.90. The second-order valence-corrected chi connectivity index (χ2v) is 8.77. The summed E-state index contributed by atoms with van der Waals surface area (Å²) >= 11 is 6.35. The van der Waals surface area contributed by atoms with E-state index >= 15 is 0 Å². The smallest absolute Gasteiger partial charge is 0.325 e. The number of nitrogens with zero attached hydrogens (tertiary/aromatic N) is 4. The van der Waals surface area contributed by atoms with Gasteiger partial charge in [-0.05, 0) is 44.6 Å². The lowest BCUT2D eigenvalue weighted by atomic mass is 9.74. The van der Waals surface area contributed by atoms with Crippen molar-refractivity contribution in [1.29, 1.82) is 0 Å². The van der Waals surface area contributed by atoms with Crippen LogP contribution in [-0.2, 0) is 4.79 Å². The van der Waals surface area contributed by atoms with Gasteiger partial charge in [0, 0.05) is 43.8 Å². The first-order valence-electron chi connectivity index (χ1n) is 9.99. The Labute approximate surface area is 170 Å². The largest absolute Gasteiger partial charge is 0.353 e. The van der Waals surface area contributed by atoms with Crippen LogP contribution >= 0.6 is 11.6 Å². The number of amides is 3. The molecule has 2 N–H and O–H groups in total. The van der Waals surface area contributed by atoms with Crippen molar-refractivity contribution >= 4 is 35.3 Å². The minimum absolute atomic E-state index is 0.0664. The maximum absolute atomic E-state index is 12.6. The highest BCUT2D eigenvalue weighted by Crippen LogP contribution is 2.36. The third-order valence-corrected chi connectivity index (χ3v) is 6.63. The van der Waals surface area contributed by atoms with Gasteiger partial charge in [-0.3, -0.25) is 9.69 Å². The Morgan fingerprint density at radius 1 is 1.29 bits per heavy atom. The second-order valence-electron chi connectivity index (χ2n) is 8.15. The first-order valence-corrected chi connectivity index (χ1v) is 10.4.